The lowest BCUT2D eigenvalue weighted by Crippen LogP contribution is -2.40. The van der Waals surface area contributed by atoms with Gasteiger partial charge in [0.1, 0.15) is 0 Å². The molecule has 1 fully saturated rings. The number of hydrogen-bond acceptors (Lipinski definition) is 3. The summed E-state index contributed by atoms with van der Waals surface area (Å²) in [7, 11) is 0. The molecule has 2 N–H and O–H groups in total. The lowest BCUT2D eigenvalue weighted by Gasteiger charge is -2.27. The van der Waals surface area contributed by atoms with E-state index >= 15 is 0 Å². The van der Waals surface area contributed by atoms with E-state index in [-0.39, 0.29) is 16.6 Å². The number of rotatable bonds is 4. The Hall–Kier alpha value is -1.16. The summed E-state index contributed by atoms with van der Waals surface area (Å²) in [5, 5.41) is 6.52. The summed E-state index contributed by atoms with van der Waals surface area (Å²) in [5.74, 6) is 0.134. The molecule has 1 amide bonds. The normalized spacial score (nSPS) is 23.1. The van der Waals surface area contributed by atoms with Gasteiger partial charge in [-0.1, -0.05) is 31.0 Å². The summed E-state index contributed by atoms with van der Waals surface area (Å²) in [6.45, 7) is 1.53. The number of thioether (sulfide) groups is 1. The highest BCUT2D eigenvalue weighted by molar-refractivity contribution is 8.00. The van der Waals surface area contributed by atoms with Gasteiger partial charge in [0, 0.05) is 23.5 Å². The number of carbonyl (C=O) groups excluding carboxylic acids is 1. The fourth-order valence-corrected chi connectivity index (χ4v) is 4.28. The summed E-state index contributed by atoms with van der Waals surface area (Å²) in [6, 6.07) is 8.11. The Kier molecular flexibility index (Phi) is 3.92. The van der Waals surface area contributed by atoms with E-state index in [9.17, 15) is 4.79 Å². The molecule has 1 aliphatic heterocycles. The van der Waals surface area contributed by atoms with Crippen LogP contribution in [0.1, 0.15) is 37.2 Å². The van der Waals surface area contributed by atoms with Crippen LogP contribution in [0.15, 0.2) is 24.3 Å². The Labute approximate surface area is 124 Å². The van der Waals surface area contributed by atoms with Crippen LogP contribution in [-0.4, -0.2) is 30.0 Å². The zero-order chi connectivity index (χ0) is 14.0. The maximum absolute atomic E-state index is 12.5. The molecule has 0 aromatic heterocycles. The molecule has 1 heterocycles. The molecule has 1 aromatic rings. The fraction of sp³-hybridized carbons (Fsp3) is 0.562. The lowest BCUT2D eigenvalue weighted by atomic mass is 10.00. The summed E-state index contributed by atoms with van der Waals surface area (Å²) in [4.78, 5) is 12.5. The van der Waals surface area contributed by atoms with Crippen molar-refractivity contribution in [3.05, 3.63) is 29.8 Å². The largest absolute Gasteiger partial charge is 0.384 e. The van der Waals surface area contributed by atoms with Crippen molar-refractivity contribution >= 4 is 23.4 Å². The third-order valence-corrected chi connectivity index (χ3v) is 6.10. The molecule has 0 saturated heterocycles. The average molecular weight is 290 g/mol. The van der Waals surface area contributed by atoms with E-state index < -0.39 is 0 Å². The third kappa shape index (κ3) is 2.53. The molecule has 3 nitrogen and oxygen atoms in total. The highest BCUT2D eigenvalue weighted by Crippen LogP contribution is 2.40. The minimum Gasteiger partial charge on any atom is -0.384 e. The Bertz CT molecular complexity index is 497. The predicted octanol–water partition coefficient (Wildman–Crippen LogP) is 2.99. The number of hydrogen-bond donors (Lipinski definition) is 2. The van der Waals surface area contributed by atoms with Crippen LogP contribution in [-0.2, 0) is 4.79 Å². The molecule has 2 aliphatic rings. The Morgan fingerprint density at radius 1 is 1.40 bits per heavy atom. The molecular formula is C16H22N2OS. The first-order chi connectivity index (χ1) is 9.74. The van der Waals surface area contributed by atoms with Gasteiger partial charge in [-0.05, 0) is 30.7 Å². The van der Waals surface area contributed by atoms with E-state index in [1.807, 2.05) is 30.0 Å². The Morgan fingerprint density at radius 2 is 2.15 bits per heavy atom. The van der Waals surface area contributed by atoms with Gasteiger partial charge in [0.15, 0.2) is 0 Å². The van der Waals surface area contributed by atoms with Crippen LogP contribution in [0.5, 0.6) is 0 Å². The molecule has 1 aliphatic carbocycles. The summed E-state index contributed by atoms with van der Waals surface area (Å²) >= 11 is 1.92. The number of carbonyl (C=O) groups is 1. The predicted molar refractivity (Wildman–Crippen MR) is 85.4 cm³/mol. The van der Waals surface area contributed by atoms with Gasteiger partial charge in [0.05, 0.1) is 5.92 Å². The molecule has 20 heavy (non-hydrogen) atoms. The zero-order valence-corrected chi connectivity index (χ0v) is 12.8. The number of fused-ring (bicyclic) bond motifs is 1. The molecule has 0 spiro atoms. The highest BCUT2D eigenvalue weighted by atomic mass is 32.2. The molecule has 1 atom stereocenters. The summed E-state index contributed by atoms with van der Waals surface area (Å²) < 4.78 is 0.279. The quantitative estimate of drug-likeness (QED) is 0.895. The van der Waals surface area contributed by atoms with Crippen molar-refractivity contribution in [1.29, 1.82) is 0 Å². The highest BCUT2D eigenvalue weighted by Gasteiger charge is 2.35. The van der Waals surface area contributed by atoms with Crippen molar-refractivity contribution in [2.45, 2.75) is 36.3 Å². The van der Waals surface area contributed by atoms with E-state index in [1.165, 1.54) is 25.7 Å². The smallest absolute Gasteiger partial charge is 0.229 e. The number of benzene rings is 1. The standard InChI is InChI=1S/C16H22N2OS/c1-20-16(8-4-5-9-16)11-18-15(19)13-10-17-14-7-3-2-6-12(13)14/h2-3,6-7,13,17H,4-5,8-11H2,1H3,(H,18,19). The maximum atomic E-state index is 12.5. The first-order valence-electron chi connectivity index (χ1n) is 7.40. The molecule has 1 aromatic carbocycles. The molecule has 1 unspecified atom stereocenters. The first-order valence-corrected chi connectivity index (χ1v) is 8.62. The molecular weight excluding hydrogens is 268 g/mol. The van der Waals surface area contributed by atoms with Crippen molar-refractivity contribution in [3.63, 3.8) is 0 Å². The van der Waals surface area contributed by atoms with Crippen molar-refractivity contribution in [1.82, 2.24) is 5.32 Å². The van der Waals surface area contributed by atoms with Gasteiger partial charge in [-0.15, -0.1) is 0 Å². The van der Waals surface area contributed by atoms with Gasteiger partial charge in [-0.3, -0.25) is 4.79 Å². The second-order valence-electron chi connectivity index (χ2n) is 5.83. The van der Waals surface area contributed by atoms with E-state index in [4.69, 9.17) is 0 Å². The maximum Gasteiger partial charge on any atom is 0.229 e. The van der Waals surface area contributed by atoms with Gasteiger partial charge >= 0.3 is 0 Å². The zero-order valence-electron chi connectivity index (χ0n) is 11.9. The number of para-hydroxylation sites is 1. The summed E-state index contributed by atoms with van der Waals surface area (Å²) in [5.41, 5.74) is 2.24. The second kappa shape index (κ2) is 5.68. The molecule has 4 heteroatoms. The van der Waals surface area contributed by atoms with Crippen molar-refractivity contribution in [2.24, 2.45) is 0 Å². The molecule has 0 radical (unpaired) electrons. The van der Waals surface area contributed by atoms with Gasteiger partial charge < -0.3 is 10.6 Å². The van der Waals surface area contributed by atoms with Gasteiger partial charge in [0.2, 0.25) is 5.91 Å². The van der Waals surface area contributed by atoms with E-state index in [0.29, 0.717) is 0 Å². The minimum atomic E-state index is -0.0356. The van der Waals surface area contributed by atoms with Crippen molar-refractivity contribution in [2.75, 3.05) is 24.7 Å². The van der Waals surface area contributed by atoms with Crippen LogP contribution < -0.4 is 10.6 Å². The first kappa shape index (κ1) is 13.8. The SMILES string of the molecule is CSC1(CNC(=O)C2CNc3ccccc32)CCCC1. The Balaban J connectivity index is 1.63. The van der Waals surface area contributed by atoms with Crippen LogP contribution >= 0.6 is 11.8 Å². The van der Waals surface area contributed by atoms with Crippen LogP contribution in [0.3, 0.4) is 0 Å². The van der Waals surface area contributed by atoms with Gasteiger partial charge in [-0.2, -0.15) is 11.8 Å². The molecule has 108 valence electrons. The number of amides is 1. The van der Waals surface area contributed by atoms with Gasteiger partial charge in [0.25, 0.3) is 0 Å². The van der Waals surface area contributed by atoms with E-state index in [2.05, 4.69) is 23.0 Å². The van der Waals surface area contributed by atoms with E-state index in [0.717, 1.165) is 24.3 Å². The van der Waals surface area contributed by atoms with Gasteiger partial charge in [-0.25, -0.2) is 0 Å². The number of nitrogens with one attached hydrogen (secondary N) is 2. The molecule has 3 rings (SSSR count). The lowest BCUT2D eigenvalue weighted by molar-refractivity contribution is -0.122. The van der Waals surface area contributed by atoms with Crippen molar-refractivity contribution in [3.8, 4) is 0 Å². The summed E-state index contributed by atoms with van der Waals surface area (Å²) in [6.07, 6.45) is 7.22. The minimum absolute atomic E-state index is 0.0356. The topological polar surface area (TPSA) is 41.1 Å². The van der Waals surface area contributed by atoms with Crippen molar-refractivity contribution < 1.29 is 4.79 Å². The Morgan fingerprint density at radius 3 is 2.90 bits per heavy atom. The molecule has 0 bridgehead atoms. The fourth-order valence-electron chi connectivity index (χ4n) is 3.36. The molecule has 1 saturated carbocycles. The van der Waals surface area contributed by atoms with E-state index in [1.54, 1.807) is 0 Å². The average Bonchev–Trinajstić information content (AvgIpc) is 3.12. The second-order valence-corrected chi connectivity index (χ2v) is 7.11. The van der Waals surface area contributed by atoms with Crippen LogP contribution in [0.25, 0.3) is 0 Å². The van der Waals surface area contributed by atoms with Crippen LogP contribution in [0, 0.1) is 0 Å². The monoisotopic (exact) mass is 290 g/mol. The third-order valence-electron chi connectivity index (χ3n) is 4.68. The number of anilines is 1. The van der Waals surface area contributed by atoms with Crippen LogP contribution in [0.2, 0.25) is 0 Å². The van der Waals surface area contributed by atoms with Crippen LogP contribution in [0.4, 0.5) is 5.69 Å².